The number of hydrogen-bond donors (Lipinski definition) is 0. The van der Waals surface area contributed by atoms with Crippen LogP contribution in [0.1, 0.15) is 23.0 Å². The van der Waals surface area contributed by atoms with Gasteiger partial charge in [0.2, 0.25) is 0 Å². The zero-order valence-corrected chi connectivity index (χ0v) is 9.58. The van der Waals surface area contributed by atoms with Crippen LogP contribution in [0.2, 0.25) is 0 Å². The van der Waals surface area contributed by atoms with Crippen LogP contribution < -0.4 is 0 Å². The maximum Gasteiger partial charge on any atom is 0.187 e. The Bertz CT molecular complexity index is 529. The summed E-state index contributed by atoms with van der Waals surface area (Å²) in [5.41, 5.74) is 1.51. The Kier molecular flexibility index (Phi) is 3.45. The van der Waals surface area contributed by atoms with Crippen molar-refractivity contribution >= 4 is 11.9 Å². The second-order valence-electron chi connectivity index (χ2n) is 3.51. The third kappa shape index (κ3) is 2.66. The van der Waals surface area contributed by atoms with Gasteiger partial charge in [-0.2, -0.15) is 5.10 Å². The monoisotopic (exact) mass is 227 g/mol. The molecule has 0 saturated carbocycles. The van der Waals surface area contributed by atoms with Gasteiger partial charge in [-0.25, -0.2) is 0 Å². The maximum absolute atomic E-state index is 11.8. The summed E-state index contributed by atoms with van der Waals surface area (Å²) in [6.07, 6.45) is 8.24. The van der Waals surface area contributed by atoms with Crippen LogP contribution in [-0.4, -0.2) is 20.5 Å². The number of hydrogen-bond acceptors (Lipinski definition) is 3. The molecule has 86 valence electrons. The summed E-state index contributed by atoms with van der Waals surface area (Å²) in [6, 6.07) is 5.37. The average Bonchev–Trinajstić information content (AvgIpc) is 2.84. The van der Waals surface area contributed by atoms with Crippen molar-refractivity contribution < 1.29 is 4.79 Å². The zero-order valence-electron chi connectivity index (χ0n) is 9.58. The van der Waals surface area contributed by atoms with Crippen LogP contribution >= 0.6 is 0 Å². The summed E-state index contributed by atoms with van der Waals surface area (Å²) in [5, 5.41) is 4.13. The molecule has 0 aliphatic rings. The number of carbonyl (C=O) groups is 1. The lowest BCUT2D eigenvalue weighted by molar-refractivity contribution is 0.104. The van der Waals surface area contributed by atoms with Crippen LogP contribution in [0.4, 0.5) is 0 Å². The lowest BCUT2D eigenvalue weighted by Gasteiger charge is -1.98. The number of ketones is 1. The first kappa shape index (κ1) is 11.3. The zero-order chi connectivity index (χ0) is 12.1. The third-order valence-electron chi connectivity index (χ3n) is 2.40. The van der Waals surface area contributed by atoms with E-state index in [0.29, 0.717) is 5.56 Å². The molecule has 0 aliphatic carbocycles. The Hall–Kier alpha value is -2.23. The number of carbonyl (C=O) groups excluding carboxylic acids is 1. The molecule has 0 bridgehead atoms. The molecule has 0 aliphatic heterocycles. The van der Waals surface area contributed by atoms with E-state index in [1.165, 1.54) is 0 Å². The topological polar surface area (TPSA) is 47.8 Å². The molecule has 0 spiro atoms. The van der Waals surface area contributed by atoms with Crippen molar-refractivity contribution in [1.82, 2.24) is 14.8 Å². The van der Waals surface area contributed by atoms with Gasteiger partial charge in [0.25, 0.3) is 0 Å². The van der Waals surface area contributed by atoms with Crippen LogP contribution in [0.3, 0.4) is 0 Å². The second-order valence-corrected chi connectivity index (χ2v) is 3.51. The quantitative estimate of drug-likeness (QED) is 0.594. The lowest BCUT2D eigenvalue weighted by atomic mass is 10.2. The molecule has 0 fully saturated rings. The molecule has 17 heavy (non-hydrogen) atoms. The summed E-state index contributed by atoms with van der Waals surface area (Å²) in [5.74, 6) is -0.0537. The molecule has 2 aromatic heterocycles. The molecule has 0 unspecified atom stereocenters. The minimum Gasteiger partial charge on any atom is -0.289 e. The van der Waals surface area contributed by atoms with Crippen molar-refractivity contribution in [1.29, 1.82) is 0 Å². The molecular weight excluding hydrogens is 214 g/mol. The molecule has 4 heteroatoms. The van der Waals surface area contributed by atoms with Crippen molar-refractivity contribution in [3.8, 4) is 0 Å². The lowest BCUT2D eigenvalue weighted by Crippen LogP contribution is -1.99. The van der Waals surface area contributed by atoms with Gasteiger partial charge in [0.05, 0.1) is 5.69 Å². The fourth-order valence-electron chi connectivity index (χ4n) is 1.51. The molecule has 0 aromatic carbocycles. The number of aromatic nitrogens is 3. The number of pyridine rings is 1. The van der Waals surface area contributed by atoms with Crippen molar-refractivity contribution in [2.45, 2.75) is 13.5 Å². The van der Waals surface area contributed by atoms with Gasteiger partial charge in [-0.15, -0.1) is 0 Å². The van der Waals surface area contributed by atoms with Gasteiger partial charge in [-0.1, -0.05) is 0 Å². The van der Waals surface area contributed by atoms with E-state index >= 15 is 0 Å². The van der Waals surface area contributed by atoms with Crippen LogP contribution in [0.25, 0.3) is 6.08 Å². The van der Waals surface area contributed by atoms with Gasteiger partial charge in [-0.3, -0.25) is 14.5 Å². The first-order valence-electron chi connectivity index (χ1n) is 5.45. The smallest absolute Gasteiger partial charge is 0.187 e. The standard InChI is InChI=1S/C13H13N3O/c1-2-16-12(7-9-15-16)5-6-13(17)11-4-3-8-14-10-11/h3-10H,2H2,1H3/b6-5+. The number of rotatable bonds is 4. The summed E-state index contributed by atoms with van der Waals surface area (Å²) in [7, 11) is 0. The third-order valence-corrected chi connectivity index (χ3v) is 2.40. The highest BCUT2D eigenvalue weighted by Gasteiger charge is 2.01. The van der Waals surface area contributed by atoms with Crippen molar-refractivity contribution in [3.05, 3.63) is 54.1 Å². The van der Waals surface area contributed by atoms with Crippen molar-refractivity contribution in [3.63, 3.8) is 0 Å². The summed E-state index contributed by atoms with van der Waals surface area (Å²) in [4.78, 5) is 15.7. The Morgan fingerprint density at radius 2 is 2.29 bits per heavy atom. The van der Waals surface area contributed by atoms with Gasteiger partial charge < -0.3 is 0 Å². The van der Waals surface area contributed by atoms with Crippen LogP contribution in [0, 0.1) is 0 Å². The van der Waals surface area contributed by atoms with Gasteiger partial charge in [-0.05, 0) is 37.3 Å². The first-order valence-corrected chi connectivity index (χ1v) is 5.45. The SMILES string of the molecule is CCn1nccc1/C=C/C(=O)c1cccnc1. The molecule has 0 radical (unpaired) electrons. The molecule has 4 nitrogen and oxygen atoms in total. The summed E-state index contributed by atoms with van der Waals surface area (Å²) < 4.78 is 1.83. The van der Waals surface area contributed by atoms with E-state index in [0.717, 1.165) is 12.2 Å². The van der Waals surface area contributed by atoms with Crippen molar-refractivity contribution in [2.24, 2.45) is 0 Å². The largest absolute Gasteiger partial charge is 0.289 e. The van der Waals surface area contributed by atoms with Gasteiger partial charge in [0.15, 0.2) is 5.78 Å². The minimum atomic E-state index is -0.0537. The first-order chi connectivity index (χ1) is 8.31. The summed E-state index contributed by atoms with van der Waals surface area (Å²) >= 11 is 0. The number of aryl methyl sites for hydroxylation is 1. The highest BCUT2D eigenvalue weighted by molar-refractivity contribution is 6.06. The van der Waals surface area contributed by atoms with E-state index in [4.69, 9.17) is 0 Å². The maximum atomic E-state index is 11.8. The van der Waals surface area contributed by atoms with E-state index in [9.17, 15) is 4.79 Å². The van der Waals surface area contributed by atoms with E-state index in [2.05, 4.69) is 10.1 Å². The minimum absolute atomic E-state index is 0.0537. The molecule has 0 N–H and O–H groups in total. The Morgan fingerprint density at radius 3 is 3.00 bits per heavy atom. The molecule has 2 rings (SSSR count). The van der Waals surface area contributed by atoms with E-state index in [-0.39, 0.29) is 5.78 Å². The Balaban J connectivity index is 2.14. The number of nitrogens with zero attached hydrogens (tertiary/aromatic N) is 3. The predicted molar refractivity (Wildman–Crippen MR) is 65.5 cm³/mol. The van der Waals surface area contributed by atoms with E-state index in [1.807, 2.05) is 17.7 Å². The fourth-order valence-corrected chi connectivity index (χ4v) is 1.51. The highest BCUT2D eigenvalue weighted by Crippen LogP contribution is 2.04. The fraction of sp³-hybridized carbons (Fsp3) is 0.154. The van der Waals surface area contributed by atoms with Gasteiger partial charge >= 0.3 is 0 Å². The average molecular weight is 227 g/mol. The number of allylic oxidation sites excluding steroid dienone is 1. The predicted octanol–water partition coefficient (Wildman–Crippen LogP) is 2.19. The van der Waals surface area contributed by atoms with Gasteiger partial charge in [0.1, 0.15) is 0 Å². The molecule has 2 heterocycles. The second kappa shape index (κ2) is 5.21. The molecule has 2 aromatic rings. The van der Waals surface area contributed by atoms with E-state index < -0.39 is 0 Å². The molecule has 0 amide bonds. The Morgan fingerprint density at radius 1 is 1.41 bits per heavy atom. The molecule has 0 atom stereocenters. The van der Waals surface area contributed by atoms with Crippen LogP contribution in [0.15, 0.2) is 42.9 Å². The van der Waals surface area contributed by atoms with Crippen LogP contribution in [0.5, 0.6) is 0 Å². The summed E-state index contributed by atoms with van der Waals surface area (Å²) in [6.45, 7) is 2.79. The molecular formula is C13H13N3O. The molecule has 0 saturated heterocycles. The van der Waals surface area contributed by atoms with E-state index in [1.54, 1.807) is 42.9 Å². The van der Waals surface area contributed by atoms with Gasteiger partial charge in [0, 0.05) is 30.7 Å². The normalized spacial score (nSPS) is 10.9. The van der Waals surface area contributed by atoms with Crippen LogP contribution in [-0.2, 0) is 6.54 Å². The van der Waals surface area contributed by atoms with Crippen molar-refractivity contribution in [2.75, 3.05) is 0 Å². The highest BCUT2D eigenvalue weighted by atomic mass is 16.1. The Labute approximate surface area is 99.6 Å².